The van der Waals surface area contributed by atoms with Gasteiger partial charge in [-0.3, -0.25) is 0 Å². The monoisotopic (exact) mass is 390 g/mol. The molecule has 0 aliphatic carbocycles. The van der Waals surface area contributed by atoms with E-state index in [1.54, 1.807) is 28.8 Å². The molecule has 0 saturated heterocycles. The van der Waals surface area contributed by atoms with Crippen molar-refractivity contribution in [2.45, 2.75) is 16.7 Å². The zero-order valence-electron chi connectivity index (χ0n) is 13.5. The first-order valence-corrected chi connectivity index (χ1v) is 11.3. The van der Waals surface area contributed by atoms with Gasteiger partial charge in [0.25, 0.3) is 0 Å². The minimum absolute atomic E-state index is 0.00149. The lowest BCUT2D eigenvalue weighted by atomic mass is 10.1. The van der Waals surface area contributed by atoms with Crippen molar-refractivity contribution in [3.05, 3.63) is 69.7 Å². The summed E-state index contributed by atoms with van der Waals surface area (Å²) < 4.78 is 28.2. The molecule has 7 heteroatoms. The van der Waals surface area contributed by atoms with Crippen molar-refractivity contribution in [3.63, 3.8) is 0 Å². The molecular formula is C18H18N2O2S3. The highest BCUT2D eigenvalue weighted by molar-refractivity contribution is 7.91. The molecule has 2 aromatic heterocycles. The molecule has 4 nitrogen and oxygen atoms in total. The van der Waals surface area contributed by atoms with Crippen LogP contribution in [0.2, 0.25) is 0 Å². The van der Waals surface area contributed by atoms with Crippen LogP contribution < -0.4 is 9.62 Å². The van der Waals surface area contributed by atoms with Crippen molar-refractivity contribution in [3.8, 4) is 0 Å². The van der Waals surface area contributed by atoms with E-state index in [0.29, 0.717) is 10.8 Å². The van der Waals surface area contributed by atoms with E-state index in [-0.39, 0.29) is 6.04 Å². The van der Waals surface area contributed by atoms with Crippen LogP contribution in [0.15, 0.2) is 63.5 Å². The summed E-state index contributed by atoms with van der Waals surface area (Å²) in [5, 5.41) is 3.82. The van der Waals surface area contributed by atoms with E-state index in [9.17, 15) is 8.42 Å². The molecule has 1 aliphatic rings. The molecule has 0 amide bonds. The zero-order valence-corrected chi connectivity index (χ0v) is 15.9. The minimum Gasteiger partial charge on any atom is -0.362 e. The lowest BCUT2D eigenvalue weighted by Gasteiger charge is -2.30. The van der Waals surface area contributed by atoms with Crippen LogP contribution in [0.25, 0.3) is 0 Å². The lowest BCUT2D eigenvalue weighted by Crippen LogP contribution is -2.36. The second-order valence-electron chi connectivity index (χ2n) is 5.89. The maximum atomic E-state index is 12.5. The normalized spacial score (nSPS) is 15.3. The molecule has 1 aromatic carbocycles. The number of nitrogens with zero attached hydrogens (tertiary/aromatic N) is 1. The molecule has 0 saturated carbocycles. The predicted octanol–water partition coefficient (Wildman–Crippen LogP) is 3.89. The van der Waals surface area contributed by atoms with E-state index in [1.165, 1.54) is 27.5 Å². The van der Waals surface area contributed by atoms with Crippen molar-refractivity contribution in [1.82, 2.24) is 4.72 Å². The van der Waals surface area contributed by atoms with Gasteiger partial charge in [0.05, 0.1) is 6.04 Å². The van der Waals surface area contributed by atoms with Crippen LogP contribution in [-0.2, 0) is 16.4 Å². The molecule has 4 rings (SSSR count). The second kappa shape index (κ2) is 6.92. The molecule has 25 heavy (non-hydrogen) atoms. The van der Waals surface area contributed by atoms with Gasteiger partial charge in [-0.2, -0.15) is 0 Å². The molecule has 0 unspecified atom stereocenters. The number of nitrogens with one attached hydrogen (secondary N) is 1. The quantitative estimate of drug-likeness (QED) is 0.695. The first kappa shape index (κ1) is 16.8. The van der Waals surface area contributed by atoms with Gasteiger partial charge in [0.15, 0.2) is 0 Å². The van der Waals surface area contributed by atoms with Crippen molar-refractivity contribution < 1.29 is 8.42 Å². The standard InChI is InChI=1S/C18H18N2O2S3/c21-25(22,18-8-4-12-24-18)19-13-16(17-7-3-11-23-17)20-10-9-14-5-1-2-6-15(14)20/h1-8,11-12,16,19H,9-10,13H2/t16-/m0/s1. The smallest absolute Gasteiger partial charge is 0.250 e. The molecule has 0 radical (unpaired) electrons. The Morgan fingerprint density at radius 2 is 1.84 bits per heavy atom. The van der Waals surface area contributed by atoms with Crippen LogP contribution in [-0.4, -0.2) is 21.5 Å². The van der Waals surface area contributed by atoms with E-state index in [0.717, 1.165) is 13.0 Å². The van der Waals surface area contributed by atoms with Crippen molar-refractivity contribution >= 4 is 38.4 Å². The molecule has 1 aliphatic heterocycles. The SMILES string of the molecule is O=S(=O)(NC[C@@H](c1cccs1)N1CCc2ccccc21)c1cccs1. The number of hydrogen-bond donors (Lipinski definition) is 1. The number of hydrogen-bond acceptors (Lipinski definition) is 5. The second-order valence-corrected chi connectivity index (χ2v) is 9.81. The summed E-state index contributed by atoms with van der Waals surface area (Å²) in [6, 6.07) is 15.9. The van der Waals surface area contributed by atoms with Gasteiger partial charge in [0, 0.05) is 23.7 Å². The van der Waals surface area contributed by atoms with Gasteiger partial charge < -0.3 is 4.90 Å². The number of para-hydroxylation sites is 1. The molecule has 3 aromatic rings. The predicted molar refractivity (Wildman–Crippen MR) is 104 cm³/mol. The Labute approximate surface area is 155 Å². The van der Waals surface area contributed by atoms with E-state index < -0.39 is 10.0 Å². The Balaban J connectivity index is 1.61. The van der Waals surface area contributed by atoms with Crippen LogP contribution in [0.4, 0.5) is 5.69 Å². The van der Waals surface area contributed by atoms with Crippen molar-refractivity contribution in [2.75, 3.05) is 18.0 Å². The van der Waals surface area contributed by atoms with E-state index in [1.807, 2.05) is 17.5 Å². The van der Waals surface area contributed by atoms with Gasteiger partial charge in [0.2, 0.25) is 10.0 Å². The number of rotatable bonds is 6. The van der Waals surface area contributed by atoms with Crippen LogP contribution in [0, 0.1) is 0 Å². The maximum absolute atomic E-state index is 12.5. The third kappa shape index (κ3) is 3.37. The fourth-order valence-corrected chi connectivity index (χ4v) is 6.12. The summed E-state index contributed by atoms with van der Waals surface area (Å²) in [5.74, 6) is 0. The highest BCUT2D eigenvalue weighted by atomic mass is 32.2. The molecule has 130 valence electrons. The Morgan fingerprint density at radius 3 is 2.60 bits per heavy atom. The first-order valence-electron chi connectivity index (χ1n) is 8.06. The molecule has 0 fully saturated rings. The van der Waals surface area contributed by atoms with Crippen LogP contribution in [0.3, 0.4) is 0 Å². The van der Waals surface area contributed by atoms with Crippen LogP contribution in [0.1, 0.15) is 16.5 Å². The molecule has 3 heterocycles. The Morgan fingerprint density at radius 1 is 1.04 bits per heavy atom. The minimum atomic E-state index is -3.46. The number of thiophene rings is 2. The lowest BCUT2D eigenvalue weighted by molar-refractivity contribution is 0.567. The molecular weight excluding hydrogens is 372 g/mol. The highest BCUT2D eigenvalue weighted by Gasteiger charge is 2.29. The summed E-state index contributed by atoms with van der Waals surface area (Å²) in [5.41, 5.74) is 2.53. The molecule has 0 bridgehead atoms. The van der Waals surface area contributed by atoms with Crippen LogP contribution in [0.5, 0.6) is 0 Å². The van der Waals surface area contributed by atoms with Crippen LogP contribution >= 0.6 is 22.7 Å². The van der Waals surface area contributed by atoms with Gasteiger partial charge >= 0.3 is 0 Å². The molecule has 0 spiro atoms. The Hall–Kier alpha value is -1.67. The van der Waals surface area contributed by atoms with E-state index >= 15 is 0 Å². The maximum Gasteiger partial charge on any atom is 0.250 e. The summed E-state index contributed by atoms with van der Waals surface area (Å²) in [7, 11) is -3.46. The number of benzene rings is 1. The summed E-state index contributed by atoms with van der Waals surface area (Å²) >= 11 is 2.91. The zero-order chi connectivity index (χ0) is 17.3. The van der Waals surface area contributed by atoms with Gasteiger partial charge in [-0.05, 0) is 40.9 Å². The van der Waals surface area contributed by atoms with E-state index in [2.05, 4.69) is 33.9 Å². The first-order chi connectivity index (χ1) is 12.1. The fraction of sp³-hybridized carbons (Fsp3) is 0.222. The fourth-order valence-electron chi connectivity index (χ4n) is 3.21. The third-order valence-electron chi connectivity index (χ3n) is 4.40. The van der Waals surface area contributed by atoms with Gasteiger partial charge in [-0.15, -0.1) is 22.7 Å². The average molecular weight is 391 g/mol. The number of anilines is 1. The van der Waals surface area contributed by atoms with E-state index in [4.69, 9.17) is 0 Å². The van der Waals surface area contributed by atoms with Gasteiger partial charge in [-0.25, -0.2) is 13.1 Å². The summed E-state index contributed by atoms with van der Waals surface area (Å²) in [4.78, 5) is 3.49. The largest absolute Gasteiger partial charge is 0.362 e. The summed E-state index contributed by atoms with van der Waals surface area (Å²) in [6.45, 7) is 1.26. The third-order valence-corrected chi connectivity index (χ3v) is 8.19. The molecule has 1 N–H and O–H groups in total. The van der Waals surface area contributed by atoms with Gasteiger partial charge in [-0.1, -0.05) is 30.3 Å². The number of sulfonamides is 1. The van der Waals surface area contributed by atoms with Gasteiger partial charge in [0.1, 0.15) is 4.21 Å². The highest BCUT2D eigenvalue weighted by Crippen LogP contribution is 2.36. The number of fused-ring (bicyclic) bond motifs is 1. The Bertz CT molecular complexity index is 935. The van der Waals surface area contributed by atoms with Crippen molar-refractivity contribution in [2.24, 2.45) is 0 Å². The molecule has 1 atom stereocenters. The Kier molecular flexibility index (Phi) is 4.64. The summed E-state index contributed by atoms with van der Waals surface area (Å²) in [6.07, 6.45) is 0.996. The topological polar surface area (TPSA) is 49.4 Å². The van der Waals surface area contributed by atoms with Crippen molar-refractivity contribution in [1.29, 1.82) is 0 Å². The average Bonchev–Trinajstić information content (AvgIpc) is 3.37.